The molecule has 1 atom stereocenters. The monoisotopic (exact) mass is 325 g/mol. The number of hydrogen-bond acceptors (Lipinski definition) is 5. The molecule has 24 heavy (non-hydrogen) atoms. The van der Waals surface area contributed by atoms with Crippen LogP contribution in [0.5, 0.6) is 0 Å². The number of carbonyl (C=O) groups is 1. The zero-order valence-corrected chi connectivity index (χ0v) is 13.5. The summed E-state index contributed by atoms with van der Waals surface area (Å²) in [5.41, 5.74) is 3.06. The van der Waals surface area contributed by atoms with Gasteiger partial charge in [-0.2, -0.15) is 0 Å². The van der Waals surface area contributed by atoms with Crippen molar-refractivity contribution in [2.24, 2.45) is 0 Å². The number of tetrazole rings is 1. The van der Waals surface area contributed by atoms with E-state index in [9.17, 15) is 4.79 Å². The van der Waals surface area contributed by atoms with Crippen LogP contribution < -0.4 is 5.32 Å². The van der Waals surface area contributed by atoms with E-state index in [1.807, 2.05) is 25.1 Å². The van der Waals surface area contributed by atoms with Gasteiger partial charge in [-0.25, -0.2) is 9.67 Å². The third kappa shape index (κ3) is 2.75. The summed E-state index contributed by atoms with van der Waals surface area (Å²) in [6, 6.07) is 6.05. The van der Waals surface area contributed by atoms with Crippen LogP contribution in [0.25, 0.3) is 11.0 Å². The van der Waals surface area contributed by atoms with E-state index in [2.05, 4.69) is 30.8 Å². The molecule has 0 saturated heterocycles. The van der Waals surface area contributed by atoms with E-state index in [4.69, 9.17) is 0 Å². The van der Waals surface area contributed by atoms with Crippen molar-refractivity contribution >= 4 is 16.9 Å². The van der Waals surface area contributed by atoms with Crippen molar-refractivity contribution < 1.29 is 4.79 Å². The molecule has 0 aliphatic carbocycles. The molecule has 0 bridgehead atoms. The lowest BCUT2D eigenvalue weighted by Crippen LogP contribution is -2.30. The third-order valence-electron chi connectivity index (χ3n) is 4.42. The summed E-state index contributed by atoms with van der Waals surface area (Å²) in [6.07, 6.45) is 2.74. The summed E-state index contributed by atoms with van der Waals surface area (Å²) in [4.78, 5) is 20.4. The molecule has 124 valence electrons. The van der Waals surface area contributed by atoms with Crippen LogP contribution in [0.15, 0.2) is 18.2 Å². The van der Waals surface area contributed by atoms with E-state index >= 15 is 0 Å². The summed E-state index contributed by atoms with van der Waals surface area (Å²) in [7, 11) is 0. The summed E-state index contributed by atoms with van der Waals surface area (Å²) < 4.78 is 1.74. The molecule has 0 fully saturated rings. The Morgan fingerprint density at radius 3 is 3.25 bits per heavy atom. The highest BCUT2D eigenvalue weighted by Gasteiger charge is 2.28. The maximum atomic E-state index is 12.6. The van der Waals surface area contributed by atoms with Crippen molar-refractivity contribution in [2.45, 2.75) is 45.2 Å². The van der Waals surface area contributed by atoms with Crippen LogP contribution in [0.4, 0.5) is 0 Å². The highest BCUT2D eigenvalue weighted by Crippen LogP contribution is 2.24. The Morgan fingerprint density at radius 2 is 2.33 bits per heavy atom. The Bertz CT molecular complexity index is 882. The predicted octanol–water partition coefficient (Wildman–Crippen LogP) is 1.44. The van der Waals surface area contributed by atoms with Crippen LogP contribution in [0.3, 0.4) is 0 Å². The molecule has 2 N–H and O–H groups in total. The molecule has 1 amide bonds. The van der Waals surface area contributed by atoms with Crippen molar-refractivity contribution in [2.75, 3.05) is 0 Å². The van der Waals surface area contributed by atoms with Crippen molar-refractivity contribution in [1.29, 1.82) is 0 Å². The molecule has 4 rings (SSSR count). The van der Waals surface area contributed by atoms with Gasteiger partial charge in [-0.1, -0.05) is 12.5 Å². The Balaban J connectivity index is 1.48. The van der Waals surface area contributed by atoms with Gasteiger partial charge in [-0.05, 0) is 47.9 Å². The van der Waals surface area contributed by atoms with E-state index < -0.39 is 0 Å². The molecule has 1 aliphatic rings. The van der Waals surface area contributed by atoms with Gasteiger partial charge in [-0.3, -0.25) is 4.79 Å². The van der Waals surface area contributed by atoms with Gasteiger partial charge in [0.15, 0.2) is 5.82 Å². The van der Waals surface area contributed by atoms with E-state index in [-0.39, 0.29) is 11.8 Å². The van der Waals surface area contributed by atoms with Gasteiger partial charge in [0.05, 0.1) is 23.5 Å². The SMILES string of the molecule is Cc1ccc2nc(CNC(=O)C3CCCCn4nnnc43)[nH]c2c1. The molecule has 0 saturated carbocycles. The number of aromatic amines is 1. The molecule has 1 unspecified atom stereocenters. The quantitative estimate of drug-likeness (QED) is 0.759. The maximum absolute atomic E-state index is 12.6. The fourth-order valence-corrected chi connectivity index (χ4v) is 3.16. The third-order valence-corrected chi connectivity index (χ3v) is 4.42. The average Bonchev–Trinajstić information content (AvgIpc) is 3.14. The second kappa shape index (κ2) is 6.03. The molecule has 3 aromatic rings. The number of aromatic nitrogens is 6. The topological polar surface area (TPSA) is 101 Å². The van der Waals surface area contributed by atoms with E-state index in [1.54, 1.807) is 4.68 Å². The Kier molecular flexibility index (Phi) is 3.72. The molecule has 0 spiro atoms. The second-order valence-electron chi connectivity index (χ2n) is 6.23. The molecule has 8 nitrogen and oxygen atoms in total. The van der Waals surface area contributed by atoms with Crippen molar-refractivity contribution in [1.82, 2.24) is 35.5 Å². The molecule has 2 aromatic heterocycles. The predicted molar refractivity (Wildman–Crippen MR) is 87.1 cm³/mol. The van der Waals surface area contributed by atoms with Crippen LogP contribution in [0.1, 0.15) is 42.4 Å². The van der Waals surface area contributed by atoms with Crippen molar-refractivity contribution in [3.63, 3.8) is 0 Å². The fourth-order valence-electron chi connectivity index (χ4n) is 3.16. The van der Waals surface area contributed by atoms with Gasteiger partial charge >= 0.3 is 0 Å². The van der Waals surface area contributed by atoms with Crippen LogP contribution in [0, 0.1) is 6.92 Å². The van der Waals surface area contributed by atoms with Gasteiger partial charge in [-0.15, -0.1) is 5.10 Å². The lowest BCUT2D eigenvalue weighted by atomic mass is 10.0. The molecule has 0 radical (unpaired) electrons. The van der Waals surface area contributed by atoms with E-state index in [0.29, 0.717) is 12.4 Å². The molecular formula is C16H19N7O. The lowest BCUT2D eigenvalue weighted by Gasteiger charge is -2.12. The largest absolute Gasteiger partial charge is 0.348 e. The number of benzene rings is 1. The summed E-state index contributed by atoms with van der Waals surface area (Å²) in [5.74, 6) is 1.06. The average molecular weight is 325 g/mol. The number of H-pyrrole nitrogens is 1. The van der Waals surface area contributed by atoms with Gasteiger partial charge in [0.1, 0.15) is 5.82 Å². The Labute approximate surface area is 138 Å². The number of carbonyl (C=O) groups excluding carboxylic acids is 1. The number of imidazole rings is 1. The first-order chi connectivity index (χ1) is 11.7. The van der Waals surface area contributed by atoms with Crippen LogP contribution >= 0.6 is 0 Å². The second-order valence-corrected chi connectivity index (χ2v) is 6.23. The van der Waals surface area contributed by atoms with Crippen LogP contribution in [-0.2, 0) is 17.9 Å². The molecule has 3 heterocycles. The Hall–Kier alpha value is -2.77. The highest BCUT2D eigenvalue weighted by molar-refractivity contribution is 5.82. The summed E-state index contributed by atoms with van der Waals surface area (Å²) in [5, 5.41) is 14.7. The number of fused-ring (bicyclic) bond motifs is 2. The fraction of sp³-hybridized carbons (Fsp3) is 0.438. The standard InChI is InChI=1S/C16H19N7O/c1-10-5-6-12-13(8-10)19-14(18-12)9-17-16(24)11-4-2-3-7-23-15(11)20-21-22-23/h5-6,8,11H,2-4,7,9H2,1H3,(H,17,24)(H,18,19). The van der Waals surface area contributed by atoms with Gasteiger partial charge < -0.3 is 10.3 Å². The van der Waals surface area contributed by atoms with Gasteiger partial charge in [0, 0.05) is 6.54 Å². The molecular weight excluding hydrogens is 306 g/mol. The minimum absolute atomic E-state index is 0.0513. The number of rotatable bonds is 3. The lowest BCUT2D eigenvalue weighted by molar-refractivity contribution is -0.123. The summed E-state index contributed by atoms with van der Waals surface area (Å²) >= 11 is 0. The minimum Gasteiger partial charge on any atom is -0.348 e. The smallest absolute Gasteiger partial charge is 0.231 e. The first kappa shape index (κ1) is 14.8. The zero-order valence-electron chi connectivity index (χ0n) is 13.5. The van der Waals surface area contributed by atoms with Crippen LogP contribution in [-0.4, -0.2) is 36.1 Å². The Morgan fingerprint density at radius 1 is 1.42 bits per heavy atom. The number of amides is 1. The minimum atomic E-state index is -0.297. The first-order valence-corrected chi connectivity index (χ1v) is 8.20. The highest BCUT2D eigenvalue weighted by atomic mass is 16.1. The summed E-state index contributed by atoms with van der Waals surface area (Å²) in [6.45, 7) is 3.18. The number of hydrogen-bond donors (Lipinski definition) is 2. The van der Waals surface area contributed by atoms with E-state index in [1.165, 1.54) is 5.56 Å². The van der Waals surface area contributed by atoms with Gasteiger partial charge in [0.2, 0.25) is 5.91 Å². The van der Waals surface area contributed by atoms with E-state index in [0.717, 1.165) is 42.7 Å². The van der Waals surface area contributed by atoms with Crippen molar-refractivity contribution in [3.05, 3.63) is 35.4 Å². The number of nitrogens with zero attached hydrogens (tertiary/aromatic N) is 5. The van der Waals surface area contributed by atoms with Crippen molar-refractivity contribution in [3.8, 4) is 0 Å². The first-order valence-electron chi connectivity index (χ1n) is 8.20. The molecule has 1 aliphatic heterocycles. The zero-order chi connectivity index (χ0) is 16.5. The number of aryl methyl sites for hydroxylation is 2. The maximum Gasteiger partial charge on any atom is 0.231 e. The normalized spacial score (nSPS) is 17.5. The molecule has 8 heteroatoms. The van der Waals surface area contributed by atoms with Gasteiger partial charge in [0.25, 0.3) is 0 Å². The van der Waals surface area contributed by atoms with Crippen LogP contribution in [0.2, 0.25) is 0 Å². The number of nitrogens with one attached hydrogen (secondary N) is 2. The molecule has 1 aromatic carbocycles.